The number of aliphatic hydroxyl groups excluding tert-OH is 1. The monoisotopic (exact) mass is 331 g/mol. The lowest BCUT2D eigenvalue weighted by molar-refractivity contribution is 0.0744. The Hall–Kier alpha value is -1.94. The molecule has 0 bridgehead atoms. The summed E-state index contributed by atoms with van der Waals surface area (Å²) >= 11 is 1.71. The number of hydrogen-bond acceptors (Lipinski definition) is 6. The quantitative estimate of drug-likeness (QED) is 0.804. The van der Waals surface area contributed by atoms with Gasteiger partial charge in [0.2, 0.25) is 0 Å². The first kappa shape index (κ1) is 17.4. The molecule has 1 aromatic carbocycles. The summed E-state index contributed by atoms with van der Waals surface area (Å²) in [4.78, 5) is 7.69. The van der Waals surface area contributed by atoms with E-state index in [9.17, 15) is 5.11 Å². The van der Waals surface area contributed by atoms with Crippen LogP contribution in [0.25, 0.3) is 0 Å². The summed E-state index contributed by atoms with van der Waals surface area (Å²) in [7, 11) is 1.96. The van der Waals surface area contributed by atoms with Crippen LogP contribution in [-0.4, -0.2) is 41.3 Å². The second kappa shape index (κ2) is 8.63. The van der Waals surface area contributed by atoms with Crippen molar-refractivity contribution in [2.24, 2.45) is 0 Å². The number of rotatable bonds is 8. The summed E-state index contributed by atoms with van der Waals surface area (Å²) in [6.07, 6.45) is 2.34. The molecular weight excluding hydrogens is 310 g/mol. The van der Waals surface area contributed by atoms with Gasteiger partial charge in [0.05, 0.1) is 18.2 Å². The van der Waals surface area contributed by atoms with Gasteiger partial charge in [0.1, 0.15) is 23.5 Å². The van der Waals surface area contributed by atoms with Crippen LogP contribution in [0.1, 0.15) is 22.4 Å². The highest BCUT2D eigenvalue weighted by Gasteiger charge is 2.11. The normalized spacial score (nSPS) is 12.1. The minimum atomic E-state index is -0.582. The Morgan fingerprint density at radius 2 is 2.13 bits per heavy atom. The zero-order valence-corrected chi connectivity index (χ0v) is 14.2. The number of aryl methyl sites for hydroxylation is 1. The molecule has 0 saturated carbocycles. The Kier molecular flexibility index (Phi) is 6.53. The number of ether oxygens (including phenoxy) is 1. The Morgan fingerprint density at radius 1 is 1.39 bits per heavy atom. The van der Waals surface area contributed by atoms with Crippen LogP contribution in [0.3, 0.4) is 0 Å². The largest absolute Gasteiger partial charge is 0.491 e. The van der Waals surface area contributed by atoms with Crippen molar-refractivity contribution in [1.29, 1.82) is 5.26 Å². The Bertz CT molecular complexity index is 649. The van der Waals surface area contributed by atoms with Crippen molar-refractivity contribution in [3.05, 3.63) is 45.9 Å². The molecule has 23 heavy (non-hydrogen) atoms. The minimum Gasteiger partial charge on any atom is -0.491 e. The molecule has 0 spiro atoms. The molecule has 6 heteroatoms. The lowest BCUT2D eigenvalue weighted by atomic mass is 10.2. The molecule has 1 atom stereocenters. The Balaban J connectivity index is 1.74. The van der Waals surface area contributed by atoms with Crippen LogP contribution in [0, 0.1) is 11.3 Å². The fourth-order valence-corrected chi connectivity index (χ4v) is 3.05. The third-order valence-corrected chi connectivity index (χ3v) is 4.43. The van der Waals surface area contributed by atoms with Gasteiger partial charge in [-0.05, 0) is 37.7 Å². The Labute approximate surface area is 140 Å². The summed E-state index contributed by atoms with van der Waals surface area (Å²) in [6, 6.07) is 8.92. The predicted octanol–water partition coefficient (Wildman–Crippen LogP) is 2.45. The van der Waals surface area contributed by atoms with Crippen LogP contribution in [-0.2, 0) is 13.0 Å². The van der Waals surface area contributed by atoms with E-state index in [1.165, 1.54) is 4.88 Å². The van der Waals surface area contributed by atoms with E-state index in [1.807, 2.05) is 18.1 Å². The predicted molar refractivity (Wildman–Crippen MR) is 90.5 cm³/mol. The van der Waals surface area contributed by atoms with Crippen molar-refractivity contribution in [3.8, 4) is 11.8 Å². The van der Waals surface area contributed by atoms with Gasteiger partial charge in [0.15, 0.2) is 0 Å². The van der Waals surface area contributed by atoms with Crippen molar-refractivity contribution >= 4 is 11.3 Å². The third-order valence-electron chi connectivity index (χ3n) is 3.30. The summed E-state index contributed by atoms with van der Waals surface area (Å²) in [5.41, 5.74) is 0.590. The summed E-state index contributed by atoms with van der Waals surface area (Å²) < 4.78 is 5.54. The lowest BCUT2D eigenvalue weighted by Gasteiger charge is -2.19. The van der Waals surface area contributed by atoms with E-state index in [1.54, 1.807) is 35.6 Å². The highest BCUT2D eigenvalue weighted by Crippen LogP contribution is 2.15. The number of thiazole rings is 1. The van der Waals surface area contributed by atoms with Crippen LogP contribution < -0.4 is 4.74 Å². The van der Waals surface area contributed by atoms with Gasteiger partial charge in [0, 0.05) is 17.6 Å². The molecule has 1 heterocycles. The molecule has 1 aromatic heterocycles. The maximum absolute atomic E-state index is 10.1. The average molecular weight is 331 g/mol. The average Bonchev–Trinajstić information content (AvgIpc) is 3.00. The standard InChI is InChI=1S/C17H21N3O2S/c1-3-16-9-19-17(23-16)11-20(2)10-14(21)12-22-15-6-4-13(8-18)5-7-15/h4-7,9,14,21H,3,10-12H2,1-2H3. The number of likely N-dealkylation sites (N-methyl/N-ethyl adjacent to an activating group) is 1. The fraction of sp³-hybridized carbons (Fsp3) is 0.412. The number of hydrogen-bond donors (Lipinski definition) is 1. The molecule has 0 saturated heterocycles. The van der Waals surface area contributed by atoms with Gasteiger partial charge in [-0.3, -0.25) is 4.90 Å². The number of aromatic nitrogens is 1. The molecular formula is C17H21N3O2S. The first-order chi connectivity index (χ1) is 11.1. The molecule has 0 aliphatic heterocycles. The zero-order valence-electron chi connectivity index (χ0n) is 13.4. The van der Waals surface area contributed by atoms with E-state index in [-0.39, 0.29) is 6.61 Å². The molecule has 2 aromatic rings. The van der Waals surface area contributed by atoms with E-state index >= 15 is 0 Å². The van der Waals surface area contributed by atoms with Crippen LogP contribution in [0.2, 0.25) is 0 Å². The van der Waals surface area contributed by atoms with E-state index < -0.39 is 6.10 Å². The molecule has 1 N–H and O–H groups in total. The van der Waals surface area contributed by atoms with Gasteiger partial charge in [-0.25, -0.2) is 4.98 Å². The molecule has 1 unspecified atom stereocenters. The molecule has 0 radical (unpaired) electrons. The zero-order chi connectivity index (χ0) is 16.7. The summed E-state index contributed by atoms with van der Waals surface area (Å²) in [5.74, 6) is 0.651. The molecule has 0 aliphatic rings. The second-order valence-corrected chi connectivity index (χ2v) is 6.57. The smallest absolute Gasteiger partial charge is 0.119 e. The minimum absolute atomic E-state index is 0.217. The number of nitriles is 1. The second-order valence-electron chi connectivity index (χ2n) is 5.37. The molecule has 2 rings (SSSR count). The molecule has 5 nitrogen and oxygen atoms in total. The molecule has 0 amide bonds. The number of aliphatic hydroxyl groups is 1. The highest BCUT2D eigenvalue weighted by molar-refractivity contribution is 7.11. The first-order valence-electron chi connectivity index (χ1n) is 7.54. The fourth-order valence-electron chi connectivity index (χ4n) is 2.11. The lowest BCUT2D eigenvalue weighted by Crippen LogP contribution is -2.32. The molecule has 0 fully saturated rings. The van der Waals surface area contributed by atoms with Crippen LogP contribution in [0.15, 0.2) is 30.5 Å². The number of nitrogens with zero attached hydrogens (tertiary/aromatic N) is 3. The topological polar surface area (TPSA) is 69.4 Å². The van der Waals surface area contributed by atoms with E-state index in [2.05, 4.69) is 18.0 Å². The molecule has 0 aliphatic carbocycles. The summed E-state index contributed by atoms with van der Waals surface area (Å²) in [5, 5.41) is 19.9. The van der Waals surface area contributed by atoms with Crippen molar-refractivity contribution in [2.75, 3.05) is 20.2 Å². The Morgan fingerprint density at radius 3 is 2.74 bits per heavy atom. The molecule has 122 valence electrons. The van der Waals surface area contributed by atoms with Crippen molar-refractivity contribution in [1.82, 2.24) is 9.88 Å². The first-order valence-corrected chi connectivity index (χ1v) is 8.35. The van der Waals surface area contributed by atoms with Gasteiger partial charge in [-0.1, -0.05) is 6.92 Å². The van der Waals surface area contributed by atoms with Crippen molar-refractivity contribution < 1.29 is 9.84 Å². The third kappa shape index (κ3) is 5.64. The summed E-state index contributed by atoms with van der Waals surface area (Å²) in [6.45, 7) is 3.56. The SMILES string of the molecule is CCc1cnc(CN(C)CC(O)COc2ccc(C#N)cc2)s1. The van der Waals surface area contributed by atoms with E-state index in [0.29, 0.717) is 17.9 Å². The van der Waals surface area contributed by atoms with Gasteiger partial charge in [-0.15, -0.1) is 11.3 Å². The number of benzene rings is 1. The van der Waals surface area contributed by atoms with Gasteiger partial charge in [-0.2, -0.15) is 5.26 Å². The van der Waals surface area contributed by atoms with Gasteiger partial charge < -0.3 is 9.84 Å². The highest BCUT2D eigenvalue weighted by atomic mass is 32.1. The van der Waals surface area contributed by atoms with E-state index in [0.717, 1.165) is 18.0 Å². The maximum atomic E-state index is 10.1. The van der Waals surface area contributed by atoms with Crippen LogP contribution in [0.4, 0.5) is 0 Å². The van der Waals surface area contributed by atoms with Crippen LogP contribution in [0.5, 0.6) is 5.75 Å². The van der Waals surface area contributed by atoms with Gasteiger partial charge in [0.25, 0.3) is 0 Å². The van der Waals surface area contributed by atoms with E-state index in [4.69, 9.17) is 10.00 Å². The van der Waals surface area contributed by atoms with Crippen LogP contribution >= 0.6 is 11.3 Å². The van der Waals surface area contributed by atoms with Gasteiger partial charge >= 0.3 is 0 Å². The van der Waals surface area contributed by atoms with Crippen molar-refractivity contribution in [3.63, 3.8) is 0 Å². The maximum Gasteiger partial charge on any atom is 0.119 e. The van der Waals surface area contributed by atoms with Crippen molar-refractivity contribution in [2.45, 2.75) is 26.0 Å².